The average molecular weight is 191 g/mol. The Balaban J connectivity index is 2.34. The first kappa shape index (κ1) is 9.53. The maximum absolute atomic E-state index is 9.66. The lowest BCUT2D eigenvalue weighted by Gasteiger charge is -2.12. The number of aryl methyl sites for hydroxylation is 2. The van der Waals surface area contributed by atoms with Gasteiger partial charge < -0.3 is 10.4 Å². The minimum absolute atomic E-state index is 0.444. The molecule has 1 unspecified atom stereocenters. The lowest BCUT2D eigenvalue weighted by molar-refractivity contribution is 0.466. The van der Waals surface area contributed by atoms with Gasteiger partial charge >= 0.3 is 0 Å². The Hall–Kier alpha value is -1.02. The van der Waals surface area contributed by atoms with Gasteiger partial charge in [-0.1, -0.05) is 12.1 Å². The van der Waals surface area contributed by atoms with Crippen LogP contribution in [-0.2, 0) is 0 Å². The van der Waals surface area contributed by atoms with Crippen molar-refractivity contribution in [2.45, 2.75) is 26.2 Å². The summed E-state index contributed by atoms with van der Waals surface area (Å²) in [5, 5.41) is 13.0. The second-order valence-corrected chi connectivity index (χ2v) is 4.19. The van der Waals surface area contributed by atoms with E-state index in [2.05, 4.69) is 17.4 Å². The topological polar surface area (TPSA) is 32.3 Å². The molecule has 2 N–H and O–H groups in total. The molecule has 0 amide bonds. The van der Waals surface area contributed by atoms with E-state index in [4.69, 9.17) is 0 Å². The van der Waals surface area contributed by atoms with Crippen molar-refractivity contribution >= 4 is 0 Å². The first-order chi connectivity index (χ1) is 6.68. The molecule has 0 spiro atoms. The summed E-state index contributed by atoms with van der Waals surface area (Å²) in [5.41, 5.74) is 3.35. The zero-order chi connectivity index (χ0) is 10.1. The maximum Gasteiger partial charge on any atom is 0.121 e. The van der Waals surface area contributed by atoms with Crippen molar-refractivity contribution in [3.63, 3.8) is 0 Å². The summed E-state index contributed by atoms with van der Waals surface area (Å²) in [6.45, 7) is 6.12. The Morgan fingerprint density at radius 3 is 2.43 bits per heavy atom. The summed E-state index contributed by atoms with van der Waals surface area (Å²) in [7, 11) is 0. The van der Waals surface area contributed by atoms with Gasteiger partial charge in [0, 0.05) is 6.54 Å². The summed E-state index contributed by atoms with van der Waals surface area (Å²) >= 11 is 0. The predicted octanol–water partition coefficient (Wildman–Crippen LogP) is 2.09. The first-order valence-corrected chi connectivity index (χ1v) is 5.19. The van der Waals surface area contributed by atoms with Crippen LogP contribution in [0.4, 0.5) is 0 Å². The highest BCUT2D eigenvalue weighted by atomic mass is 16.3. The van der Waals surface area contributed by atoms with Crippen LogP contribution in [0.1, 0.15) is 29.0 Å². The number of phenols is 1. The second kappa shape index (κ2) is 3.62. The SMILES string of the molecule is Cc1cc(C2CCNC2)cc(C)c1O. The largest absolute Gasteiger partial charge is 0.507 e. The van der Waals surface area contributed by atoms with Gasteiger partial charge in [-0.3, -0.25) is 0 Å². The molecule has 1 heterocycles. The Kier molecular flexibility index (Phi) is 2.46. The van der Waals surface area contributed by atoms with Crippen LogP contribution in [0.5, 0.6) is 5.75 Å². The van der Waals surface area contributed by atoms with E-state index in [-0.39, 0.29) is 0 Å². The Bertz CT molecular complexity index is 317. The molecule has 0 aliphatic carbocycles. The molecule has 2 nitrogen and oxygen atoms in total. The zero-order valence-electron chi connectivity index (χ0n) is 8.80. The summed E-state index contributed by atoms with van der Waals surface area (Å²) < 4.78 is 0. The molecular weight excluding hydrogens is 174 g/mol. The van der Waals surface area contributed by atoms with Crippen LogP contribution in [0.3, 0.4) is 0 Å². The minimum Gasteiger partial charge on any atom is -0.507 e. The van der Waals surface area contributed by atoms with Crippen LogP contribution >= 0.6 is 0 Å². The van der Waals surface area contributed by atoms with Gasteiger partial charge in [0.15, 0.2) is 0 Å². The Labute approximate surface area is 85.0 Å². The Morgan fingerprint density at radius 1 is 1.29 bits per heavy atom. The summed E-state index contributed by atoms with van der Waals surface area (Å²) in [5.74, 6) is 1.08. The molecule has 1 fully saturated rings. The highest BCUT2D eigenvalue weighted by Crippen LogP contribution is 2.29. The van der Waals surface area contributed by atoms with Crippen LogP contribution in [0.15, 0.2) is 12.1 Å². The Morgan fingerprint density at radius 2 is 1.93 bits per heavy atom. The third-order valence-corrected chi connectivity index (χ3v) is 3.05. The van der Waals surface area contributed by atoms with Gasteiger partial charge in [0.2, 0.25) is 0 Å². The molecule has 0 aromatic heterocycles. The van der Waals surface area contributed by atoms with Gasteiger partial charge in [-0.05, 0) is 49.4 Å². The standard InChI is InChI=1S/C12H17NO/c1-8-5-11(6-9(2)12(8)14)10-3-4-13-7-10/h5-6,10,13-14H,3-4,7H2,1-2H3. The van der Waals surface area contributed by atoms with Crippen LogP contribution in [0.25, 0.3) is 0 Å². The molecule has 0 saturated carbocycles. The van der Waals surface area contributed by atoms with Crippen molar-refractivity contribution < 1.29 is 5.11 Å². The third kappa shape index (κ3) is 1.62. The van der Waals surface area contributed by atoms with Crippen LogP contribution in [0, 0.1) is 13.8 Å². The lowest BCUT2D eigenvalue weighted by atomic mass is 9.94. The predicted molar refractivity (Wildman–Crippen MR) is 57.8 cm³/mol. The number of hydrogen-bond donors (Lipinski definition) is 2. The van der Waals surface area contributed by atoms with Gasteiger partial charge in [0.1, 0.15) is 5.75 Å². The van der Waals surface area contributed by atoms with E-state index in [1.165, 1.54) is 12.0 Å². The second-order valence-electron chi connectivity index (χ2n) is 4.19. The van der Waals surface area contributed by atoms with Crippen molar-refractivity contribution in [2.24, 2.45) is 0 Å². The summed E-state index contributed by atoms with van der Waals surface area (Å²) in [6.07, 6.45) is 1.21. The minimum atomic E-state index is 0.444. The number of hydrogen-bond acceptors (Lipinski definition) is 2. The highest BCUT2D eigenvalue weighted by molar-refractivity contribution is 5.43. The molecule has 2 heteroatoms. The first-order valence-electron chi connectivity index (χ1n) is 5.19. The smallest absolute Gasteiger partial charge is 0.121 e. The normalized spacial score (nSPS) is 21.4. The number of rotatable bonds is 1. The summed E-state index contributed by atoms with van der Waals surface area (Å²) in [6, 6.07) is 4.22. The van der Waals surface area contributed by atoms with E-state index in [1.54, 1.807) is 0 Å². The molecule has 0 radical (unpaired) electrons. The van der Waals surface area contributed by atoms with Gasteiger partial charge in [0.25, 0.3) is 0 Å². The molecule has 1 aromatic rings. The molecule has 0 bridgehead atoms. The van der Waals surface area contributed by atoms with E-state index in [0.29, 0.717) is 11.7 Å². The molecule has 76 valence electrons. The number of benzene rings is 1. The molecule has 1 aliphatic heterocycles. The van der Waals surface area contributed by atoms with E-state index in [1.807, 2.05) is 13.8 Å². The highest BCUT2D eigenvalue weighted by Gasteiger charge is 2.17. The molecule has 1 atom stereocenters. The monoisotopic (exact) mass is 191 g/mol. The number of nitrogens with one attached hydrogen (secondary N) is 1. The molecule has 1 aromatic carbocycles. The average Bonchev–Trinajstić information content (AvgIpc) is 2.66. The van der Waals surface area contributed by atoms with Crippen LogP contribution in [0.2, 0.25) is 0 Å². The molecular formula is C12H17NO. The van der Waals surface area contributed by atoms with Crippen LogP contribution in [-0.4, -0.2) is 18.2 Å². The quantitative estimate of drug-likeness (QED) is 0.712. The van der Waals surface area contributed by atoms with Gasteiger partial charge in [-0.2, -0.15) is 0 Å². The molecule has 2 rings (SSSR count). The van der Waals surface area contributed by atoms with Crippen molar-refractivity contribution in [2.75, 3.05) is 13.1 Å². The fraction of sp³-hybridized carbons (Fsp3) is 0.500. The van der Waals surface area contributed by atoms with Crippen molar-refractivity contribution in [1.82, 2.24) is 5.32 Å². The fourth-order valence-corrected chi connectivity index (χ4v) is 2.16. The fourth-order valence-electron chi connectivity index (χ4n) is 2.16. The van der Waals surface area contributed by atoms with Crippen molar-refractivity contribution in [3.8, 4) is 5.75 Å². The van der Waals surface area contributed by atoms with E-state index in [0.717, 1.165) is 24.2 Å². The van der Waals surface area contributed by atoms with E-state index in [9.17, 15) is 5.11 Å². The molecule has 14 heavy (non-hydrogen) atoms. The van der Waals surface area contributed by atoms with E-state index < -0.39 is 0 Å². The van der Waals surface area contributed by atoms with Crippen LogP contribution < -0.4 is 5.32 Å². The number of aromatic hydroxyl groups is 1. The van der Waals surface area contributed by atoms with Gasteiger partial charge in [-0.15, -0.1) is 0 Å². The van der Waals surface area contributed by atoms with Gasteiger partial charge in [-0.25, -0.2) is 0 Å². The van der Waals surface area contributed by atoms with Gasteiger partial charge in [0.05, 0.1) is 0 Å². The van der Waals surface area contributed by atoms with Crippen molar-refractivity contribution in [3.05, 3.63) is 28.8 Å². The summed E-state index contributed by atoms with van der Waals surface area (Å²) in [4.78, 5) is 0. The third-order valence-electron chi connectivity index (χ3n) is 3.05. The maximum atomic E-state index is 9.66. The molecule has 1 aliphatic rings. The van der Waals surface area contributed by atoms with Crippen molar-refractivity contribution in [1.29, 1.82) is 0 Å². The lowest BCUT2D eigenvalue weighted by Crippen LogP contribution is -2.08. The van der Waals surface area contributed by atoms with E-state index >= 15 is 0 Å². The molecule has 1 saturated heterocycles. The zero-order valence-corrected chi connectivity index (χ0v) is 8.80. The number of phenolic OH excluding ortho intramolecular Hbond substituents is 1.